The molecule has 5 heteroatoms. The van der Waals surface area contributed by atoms with Gasteiger partial charge in [0.2, 0.25) is 0 Å². The second kappa shape index (κ2) is 5.98. The summed E-state index contributed by atoms with van der Waals surface area (Å²) in [6.45, 7) is 4.65. The summed E-state index contributed by atoms with van der Waals surface area (Å²) in [5, 5.41) is 5.61. The minimum Gasteiger partial charge on any atom is -0.338 e. The van der Waals surface area contributed by atoms with Crippen LogP contribution in [0.1, 0.15) is 31.2 Å². The Kier molecular flexibility index (Phi) is 4.91. The minimum absolute atomic E-state index is 0.000596. The SMILES string of the molecule is CCCNC(=O)NC(C)c1ccc(Cl)s1. The van der Waals surface area contributed by atoms with Gasteiger partial charge in [-0.15, -0.1) is 11.3 Å². The van der Waals surface area contributed by atoms with Gasteiger partial charge in [-0.25, -0.2) is 4.79 Å². The lowest BCUT2D eigenvalue weighted by Crippen LogP contribution is -2.37. The van der Waals surface area contributed by atoms with Crippen LogP contribution in [-0.4, -0.2) is 12.6 Å². The number of carbonyl (C=O) groups excluding carboxylic acids is 1. The van der Waals surface area contributed by atoms with E-state index in [1.807, 2.05) is 26.0 Å². The minimum atomic E-state index is -0.131. The third-order valence-electron chi connectivity index (χ3n) is 1.90. The van der Waals surface area contributed by atoms with Gasteiger partial charge in [-0.2, -0.15) is 0 Å². The first-order valence-electron chi connectivity index (χ1n) is 4.93. The summed E-state index contributed by atoms with van der Waals surface area (Å²) in [5.74, 6) is 0. The molecule has 0 aromatic carbocycles. The smallest absolute Gasteiger partial charge is 0.315 e. The number of halogens is 1. The quantitative estimate of drug-likeness (QED) is 0.842. The number of hydrogen-bond acceptors (Lipinski definition) is 2. The molecule has 1 aromatic rings. The first-order valence-corrected chi connectivity index (χ1v) is 6.12. The van der Waals surface area contributed by atoms with Crippen molar-refractivity contribution in [2.75, 3.05) is 6.54 Å². The number of rotatable bonds is 4. The van der Waals surface area contributed by atoms with Gasteiger partial charge in [0.1, 0.15) is 0 Å². The molecule has 3 nitrogen and oxygen atoms in total. The van der Waals surface area contributed by atoms with Crippen LogP contribution in [0.3, 0.4) is 0 Å². The zero-order chi connectivity index (χ0) is 11.3. The van der Waals surface area contributed by atoms with Crippen LogP contribution in [0.5, 0.6) is 0 Å². The molecule has 2 N–H and O–H groups in total. The molecule has 0 saturated heterocycles. The lowest BCUT2D eigenvalue weighted by Gasteiger charge is -2.12. The van der Waals surface area contributed by atoms with Gasteiger partial charge in [0.05, 0.1) is 10.4 Å². The van der Waals surface area contributed by atoms with Crippen molar-refractivity contribution < 1.29 is 4.79 Å². The van der Waals surface area contributed by atoms with Crippen molar-refractivity contribution in [1.29, 1.82) is 0 Å². The molecule has 0 aliphatic heterocycles. The number of nitrogens with one attached hydrogen (secondary N) is 2. The zero-order valence-electron chi connectivity index (χ0n) is 8.84. The first-order chi connectivity index (χ1) is 7.13. The molecule has 1 heterocycles. The molecule has 1 atom stereocenters. The van der Waals surface area contributed by atoms with Gasteiger partial charge in [-0.1, -0.05) is 18.5 Å². The molecule has 15 heavy (non-hydrogen) atoms. The zero-order valence-corrected chi connectivity index (χ0v) is 10.4. The Morgan fingerprint density at radius 1 is 1.60 bits per heavy atom. The summed E-state index contributed by atoms with van der Waals surface area (Å²) >= 11 is 7.30. The molecule has 0 bridgehead atoms. The molecule has 0 spiro atoms. The van der Waals surface area contributed by atoms with Crippen LogP contribution in [-0.2, 0) is 0 Å². The topological polar surface area (TPSA) is 41.1 Å². The molecule has 0 radical (unpaired) electrons. The second-order valence-electron chi connectivity index (χ2n) is 3.26. The van der Waals surface area contributed by atoms with Crippen molar-refractivity contribution in [1.82, 2.24) is 10.6 Å². The normalized spacial score (nSPS) is 12.2. The Balaban J connectivity index is 2.41. The lowest BCUT2D eigenvalue weighted by atomic mass is 10.3. The fourth-order valence-electron chi connectivity index (χ4n) is 1.12. The Bertz CT molecular complexity index is 327. The van der Waals surface area contributed by atoms with Crippen LogP contribution in [0.4, 0.5) is 4.79 Å². The predicted molar refractivity (Wildman–Crippen MR) is 64.6 cm³/mol. The molecular formula is C10H15ClN2OS. The van der Waals surface area contributed by atoms with Gasteiger partial charge in [0.25, 0.3) is 0 Å². The largest absolute Gasteiger partial charge is 0.338 e. The number of urea groups is 1. The molecule has 1 aromatic heterocycles. The van der Waals surface area contributed by atoms with Crippen LogP contribution >= 0.6 is 22.9 Å². The third-order valence-corrected chi connectivity index (χ3v) is 3.32. The van der Waals surface area contributed by atoms with Crippen molar-refractivity contribution in [3.05, 3.63) is 21.3 Å². The molecule has 1 unspecified atom stereocenters. The third kappa shape index (κ3) is 4.10. The average Bonchev–Trinajstić information content (AvgIpc) is 2.61. The fraction of sp³-hybridized carbons (Fsp3) is 0.500. The second-order valence-corrected chi connectivity index (χ2v) is 5.01. The van der Waals surface area contributed by atoms with Crippen LogP contribution in [0.2, 0.25) is 4.34 Å². The number of hydrogen-bond donors (Lipinski definition) is 2. The highest BCUT2D eigenvalue weighted by Gasteiger charge is 2.10. The van der Waals surface area contributed by atoms with E-state index >= 15 is 0 Å². The summed E-state index contributed by atoms with van der Waals surface area (Å²) in [6.07, 6.45) is 0.937. The molecule has 0 fully saturated rings. The van der Waals surface area contributed by atoms with E-state index in [0.717, 1.165) is 15.6 Å². The summed E-state index contributed by atoms with van der Waals surface area (Å²) in [7, 11) is 0. The van der Waals surface area contributed by atoms with E-state index in [9.17, 15) is 4.79 Å². The maximum Gasteiger partial charge on any atom is 0.315 e. The molecular weight excluding hydrogens is 232 g/mol. The fourth-order valence-corrected chi connectivity index (χ4v) is 2.18. The van der Waals surface area contributed by atoms with Crippen LogP contribution in [0.15, 0.2) is 12.1 Å². The van der Waals surface area contributed by atoms with Crippen molar-refractivity contribution in [2.45, 2.75) is 26.3 Å². The van der Waals surface area contributed by atoms with Gasteiger partial charge in [0, 0.05) is 11.4 Å². The number of thiophene rings is 1. The molecule has 0 aliphatic rings. The Hall–Kier alpha value is -0.740. The number of carbonyl (C=O) groups is 1. The first kappa shape index (κ1) is 12.3. The monoisotopic (exact) mass is 246 g/mol. The van der Waals surface area contributed by atoms with Gasteiger partial charge in [-0.05, 0) is 25.5 Å². The van der Waals surface area contributed by atoms with Crippen LogP contribution in [0.25, 0.3) is 0 Å². The Morgan fingerprint density at radius 3 is 2.87 bits per heavy atom. The lowest BCUT2D eigenvalue weighted by molar-refractivity contribution is 0.238. The Labute approximate surface area is 98.8 Å². The van der Waals surface area contributed by atoms with Gasteiger partial charge < -0.3 is 10.6 Å². The average molecular weight is 247 g/mol. The highest BCUT2D eigenvalue weighted by molar-refractivity contribution is 7.16. The Morgan fingerprint density at radius 2 is 2.33 bits per heavy atom. The number of amides is 2. The summed E-state index contributed by atoms with van der Waals surface area (Å²) in [4.78, 5) is 12.4. The highest BCUT2D eigenvalue weighted by atomic mass is 35.5. The van der Waals surface area contributed by atoms with E-state index in [0.29, 0.717) is 6.54 Å². The summed E-state index contributed by atoms with van der Waals surface area (Å²) in [6, 6.07) is 3.63. The van der Waals surface area contributed by atoms with Crippen molar-refractivity contribution in [3.63, 3.8) is 0 Å². The molecule has 2 amide bonds. The van der Waals surface area contributed by atoms with E-state index in [-0.39, 0.29) is 12.1 Å². The van der Waals surface area contributed by atoms with Gasteiger partial charge in [-0.3, -0.25) is 0 Å². The maximum absolute atomic E-state index is 11.3. The highest BCUT2D eigenvalue weighted by Crippen LogP contribution is 2.26. The van der Waals surface area contributed by atoms with E-state index in [2.05, 4.69) is 10.6 Å². The maximum atomic E-state index is 11.3. The molecule has 0 saturated carbocycles. The van der Waals surface area contributed by atoms with Crippen molar-refractivity contribution in [3.8, 4) is 0 Å². The molecule has 1 rings (SSSR count). The molecule has 0 aliphatic carbocycles. The summed E-state index contributed by atoms with van der Waals surface area (Å²) < 4.78 is 0.743. The standard InChI is InChI=1S/C10H15ClN2OS/c1-3-6-12-10(14)13-7(2)8-4-5-9(11)15-8/h4-5,7H,3,6H2,1-2H3,(H2,12,13,14). The summed E-state index contributed by atoms with van der Waals surface area (Å²) in [5.41, 5.74) is 0. The predicted octanol–water partition coefficient (Wildman–Crippen LogP) is 3.17. The molecule has 84 valence electrons. The van der Waals surface area contributed by atoms with E-state index in [1.165, 1.54) is 11.3 Å². The van der Waals surface area contributed by atoms with Gasteiger partial charge in [0.15, 0.2) is 0 Å². The van der Waals surface area contributed by atoms with Crippen LogP contribution < -0.4 is 10.6 Å². The van der Waals surface area contributed by atoms with Gasteiger partial charge >= 0.3 is 6.03 Å². The van der Waals surface area contributed by atoms with E-state index in [4.69, 9.17) is 11.6 Å². The van der Waals surface area contributed by atoms with Crippen LogP contribution in [0, 0.1) is 0 Å². The van der Waals surface area contributed by atoms with E-state index in [1.54, 1.807) is 0 Å². The van der Waals surface area contributed by atoms with Crippen molar-refractivity contribution >= 4 is 29.0 Å². The van der Waals surface area contributed by atoms with Crippen molar-refractivity contribution in [2.24, 2.45) is 0 Å². The van der Waals surface area contributed by atoms with E-state index < -0.39 is 0 Å².